The van der Waals surface area contributed by atoms with E-state index in [0.29, 0.717) is 19.3 Å². The van der Waals surface area contributed by atoms with Crippen LogP contribution in [-0.2, 0) is 9.84 Å². The SMILES string of the molecule is O=S1(=O)CCCC1C1(O)CCCCC1. The fourth-order valence-electron chi connectivity index (χ4n) is 2.88. The first-order valence-corrected chi connectivity index (χ1v) is 7.20. The minimum Gasteiger partial charge on any atom is -0.389 e. The number of hydrogen-bond donors (Lipinski definition) is 1. The van der Waals surface area contributed by atoms with Crippen LogP contribution in [0.1, 0.15) is 44.9 Å². The maximum atomic E-state index is 11.7. The highest BCUT2D eigenvalue weighted by molar-refractivity contribution is 7.92. The van der Waals surface area contributed by atoms with Gasteiger partial charge in [0.15, 0.2) is 9.84 Å². The molecule has 2 aliphatic rings. The van der Waals surface area contributed by atoms with Crippen LogP contribution in [0.25, 0.3) is 0 Å². The van der Waals surface area contributed by atoms with E-state index < -0.39 is 20.7 Å². The van der Waals surface area contributed by atoms with E-state index in [1.54, 1.807) is 0 Å². The number of sulfone groups is 1. The maximum absolute atomic E-state index is 11.7. The van der Waals surface area contributed by atoms with Crippen LogP contribution >= 0.6 is 0 Å². The molecule has 1 aliphatic carbocycles. The lowest BCUT2D eigenvalue weighted by atomic mass is 9.81. The first-order valence-electron chi connectivity index (χ1n) is 5.49. The molecule has 0 radical (unpaired) electrons. The summed E-state index contributed by atoms with van der Waals surface area (Å²) in [6, 6.07) is 0. The molecule has 0 spiro atoms. The second kappa shape index (κ2) is 3.49. The predicted octanol–water partition coefficient (Wildman–Crippen LogP) is 1.26. The maximum Gasteiger partial charge on any atom is 0.155 e. The third-order valence-corrected chi connectivity index (χ3v) is 6.05. The van der Waals surface area contributed by atoms with Gasteiger partial charge in [0.05, 0.1) is 16.6 Å². The lowest BCUT2D eigenvalue weighted by Crippen LogP contribution is -2.46. The number of rotatable bonds is 1. The first-order chi connectivity index (χ1) is 6.55. The van der Waals surface area contributed by atoms with Gasteiger partial charge in [-0.25, -0.2) is 8.42 Å². The molecule has 3 nitrogen and oxygen atoms in total. The van der Waals surface area contributed by atoms with E-state index in [1.165, 1.54) is 0 Å². The fourth-order valence-corrected chi connectivity index (χ4v) is 5.16. The molecule has 82 valence electrons. The molecule has 1 N–H and O–H groups in total. The third kappa shape index (κ3) is 1.70. The molecule has 0 bridgehead atoms. The van der Waals surface area contributed by atoms with Gasteiger partial charge in [-0.2, -0.15) is 0 Å². The standard InChI is InChI=1S/C10H18O3S/c11-10(6-2-1-3-7-10)9-5-4-8-14(9,12)13/h9,11H,1-8H2. The van der Waals surface area contributed by atoms with Crippen molar-refractivity contribution in [1.29, 1.82) is 0 Å². The molecular formula is C10H18O3S. The third-order valence-electron chi connectivity index (χ3n) is 3.65. The Kier molecular flexibility index (Phi) is 2.60. The van der Waals surface area contributed by atoms with Crippen LogP contribution in [0.2, 0.25) is 0 Å². The van der Waals surface area contributed by atoms with E-state index in [9.17, 15) is 13.5 Å². The summed E-state index contributed by atoms with van der Waals surface area (Å²) in [7, 11) is -3.00. The Bertz CT molecular complexity index is 301. The van der Waals surface area contributed by atoms with E-state index in [4.69, 9.17) is 0 Å². The quantitative estimate of drug-likeness (QED) is 0.721. The molecule has 1 unspecified atom stereocenters. The molecule has 2 fully saturated rings. The van der Waals surface area contributed by atoms with Crippen molar-refractivity contribution in [3.8, 4) is 0 Å². The molecule has 1 saturated heterocycles. The topological polar surface area (TPSA) is 54.4 Å². The highest BCUT2D eigenvalue weighted by Gasteiger charge is 2.47. The van der Waals surface area contributed by atoms with Crippen molar-refractivity contribution in [2.24, 2.45) is 0 Å². The lowest BCUT2D eigenvalue weighted by molar-refractivity contribution is -0.0000273. The van der Waals surface area contributed by atoms with Crippen LogP contribution in [0.5, 0.6) is 0 Å². The summed E-state index contributed by atoms with van der Waals surface area (Å²) in [5, 5.41) is 9.86. The van der Waals surface area contributed by atoms with Gasteiger partial charge in [0.2, 0.25) is 0 Å². The molecule has 1 atom stereocenters. The lowest BCUT2D eigenvalue weighted by Gasteiger charge is -2.36. The number of aliphatic hydroxyl groups is 1. The Morgan fingerprint density at radius 3 is 2.21 bits per heavy atom. The summed E-state index contributed by atoms with van der Waals surface area (Å²) >= 11 is 0. The molecule has 1 heterocycles. The van der Waals surface area contributed by atoms with Crippen molar-refractivity contribution in [3.63, 3.8) is 0 Å². The average Bonchev–Trinajstić information content (AvgIpc) is 2.47. The van der Waals surface area contributed by atoms with Crippen LogP contribution in [0.3, 0.4) is 0 Å². The Labute approximate surface area is 85.4 Å². The van der Waals surface area contributed by atoms with Crippen molar-refractivity contribution in [1.82, 2.24) is 0 Å². The van der Waals surface area contributed by atoms with Gasteiger partial charge >= 0.3 is 0 Å². The number of hydrogen-bond acceptors (Lipinski definition) is 3. The zero-order chi connectivity index (χ0) is 10.2. The van der Waals surface area contributed by atoms with Crippen LogP contribution in [-0.4, -0.2) is 30.1 Å². The molecule has 0 amide bonds. The van der Waals surface area contributed by atoms with Gasteiger partial charge in [0, 0.05) is 0 Å². The Hall–Kier alpha value is -0.0900. The van der Waals surface area contributed by atoms with Gasteiger partial charge in [-0.05, 0) is 25.7 Å². The van der Waals surface area contributed by atoms with Gasteiger partial charge in [0.25, 0.3) is 0 Å². The second-order valence-electron chi connectivity index (χ2n) is 4.66. The van der Waals surface area contributed by atoms with Gasteiger partial charge in [-0.1, -0.05) is 19.3 Å². The van der Waals surface area contributed by atoms with Crippen molar-refractivity contribution >= 4 is 9.84 Å². The fraction of sp³-hybridized carbons (Fsp3) is 1.00. The Morgan fingerprint density at radius 2 is 1.71 bits per heavy atom. The average molecular weight is 218 g/mol. The summed E-state index contributed by atoms with van der Waals surface area (Å²) in [6.07, 6.45) is 5.84. The van der Waals surface area contributed by atoms with E-state index >= 15 is 0 Å². The molecule has 0 aromatic carbocycles. The molecule has 14 heavy (non-hydrogen) atoms. The minimum atomic E-state index is -3.00. The van der Waals surface area contributed by atoms with E-state index in [2.05, 4.69) is 0 Å². The highest BCUT2D eigenvalue weighted by Crippen LogP contribution is 2.39. The van der Waals surface area contributed by atoms with Gasteiger partial charge < -0.3 is 5.11 Å². The molecular weight excluding hydrogens is 200 g/mol. The van der Waals surface area contributed by atoms with Crippen molar-refractivity contribution in [2.45, 2.75) is 55.8 Å². The monoisotopic (exact) mass is 218 g/mol. The van der Waals surface area contributed by atoms with Crippen LogP contribution in [0, 0.1) is 0 Å². The molecule has 4 heteroatoms. The zero-order valence-corrected chi connectivity index (χ0v) is 9.22. The molecule has 1 saturated carbocycles. The molecule has 1 aliphatic heterocycles. The minimum absolute atomic E-state index is 0.278. The smallest absolute Gasteiger partial charge is 0.155 e. The van der Waals surface area contributed by atoms with Crippen LogP contribution < -0.4 is 0 Å². The van der Waals surface area contributed by atoms with Gasteiger partial charge in [-0.3, -0.25) is 0 Å². The highest BCUT2D eigenvalue weighted by atomic mass is 32.2. The predicted molar refractivity (Wildman–Crippen MR) is 54.8 cm³/mol. The zero-order valence-electron chi connectivity index (χ0n) is 8.41. The Balaban J connectivity index is 2.20. The van der Waals surface area contributed by atoms with E-state index in [0.717, 1.165) is 25.7 Å². The summed E-state index contributed by atoms with van der Waals surface area (Å²) in [5.41, 5.74) is -0.895. The summed E-state index contributed by atoms with van der Waals surface area (Å²) < 4.78 is 23.4. The summed E-state index contributed by atoms with van der Waals surface area (Å²) in [6.45, 7) is 0. The van der Waals surface area contributed by atoms with Crippen LogP contribution in [0.15, 0.2) is 0 Å². The Morgan fingerprint density at radius 1 is 1.07 bits per heavy atom. The first kappa shape index (κ1) is 10.4. The molecule has 2 rings (SSSR count). The van der Waals surface area contributed by atoms with Crippen LogP contribution in [0.4, 0.5) is 0 Å². The van der Waals surface area contributed by atoms with Crippen molar-refractivity contribution < 1.29 is 13.5 Å². The molecule has 0 aromatic rings. The normalized spacial score (nSPS) is 35.6. The summed E-state index contributed by atoms with van der Waals surface area (Å²) in [5.74, 6) is 0.278. The largest absolute Gasteiger partial charge is 0.389 e. The van der Waals surface area contributed by atoms with Gasteiger partial charge in [0.1, 0.15) is 0 Å². The van der Waals surface area contributed by atoms with Crippen molar-refractivity contribution in [3.05, 3.63) is 0 Å². The van der Waals surface area contributed by atoms with Gasteiger partial charge in [-0.15, -0.1) is 0 Å². The molecule has 0 aromatic heterocycles. The van der Waals surface area contributed by atoms with E-state index in [-0.39, 0.29) is 5.75 Å². The second-order valence-corrected chi connectivity index (χ2v) is 6.97. The van der Waals surface area contributed by atoms with Crippen molar-refractivity contribution in [2.75, 3.05) is 5.75 Å². The summed E-state index contributed by atoms with van der Waals surface area (Å²) in [4.78, 5) is 0. The van der Waals surface area contributed by atoms with E-state index in [1.807, 2.05) is 0 Å².